The third-order valence-electron chi connectivity index (χ3n) is 3.17. The summed E-state index contributed by atoms with van der Waals surface area (Å²) in [7, 11) is 0. The van der Waals surface area contributed by atoms with E-state index in [9.17, 15) is 4.79 Å². The number of thiophene rings is 1. The van der Waals surface area contributed by atoms with Crippen molar-refractivity contribution >= 4 is 44.9 Å². The van der Waals surface area contributed by atoms with Crippen LogP contribution in [0.5, 0.6) is 0 Å². The van der Waals surface area contributed by atoms with Crippen LogP contribution in [0.2, 0.25) is 0 Å². The Morgan fingerprint density at radius 3 is 3.00 bits per heavy atom. The lowest BCUT2D eigenvalue weighted by molar-refractivity contribution is -0.139. The van der Waals surface area contributed by atoms with Gasteiger partial charge in [0.25, 0.3) is 0 Å². The van der Waals surface area contributed by atoms with Gasteiger partial charge in [0.15, 0.2) is 10.8 Å². The van der Waals surface area contributed by atoms with Crippen molar-refractivity contribution in [3.63, 3.8) is 0 Å². The SMILES string of the molecule is CCOC(=O)CSc1nnc2c3c(C)c(C)sc3ncn12. The van der Waals surface area contributed by atoms with Gasteiger partial charge in [0, 0.05) is 4.88 Å². The van der Waals surface area contributed by atoms with Crippen molar-refractivity contribution in [3.05, 3.63) is 16.8 Å². The molecule has 0 aliphatic rings. The molecule has 110 valence electrons. The molecule has 3 rings (SSSR count). The topological polar surface area (TPSA) is 69.4 Å². The molecule has 3 aromatic heterocycles. The van der Waals surface area contributed by atoms with E-state index >= 15 is 0 Å². The lowest BCUT2D eigenvalue weighted by Crippen LogP contribution is -2.07. The number of rotatable bonds is 4. The number of hydrogen-bond donors (Lipinski definition) is 0. The van der Waals surface area contributed by atoms with E-state index in [1.807, 2.05) is 4.40 Å². The van der Waals surface area contributed by atoms with Crippen LogP contribution >= 0.6 is 23.1 Å². The number of thioether (sulfide) groups is 1. The Bertz CT molecular complexity index is 824. The van der Waals surface area contributed by atoms with Crippen molar-refractivity contribution in [1.82, 2.24) is 19.6 Å². The molecule has 0 spiro atoms. The van der Waals surface area contributed by atoms with Crippen LogP contribution in [0.15, 0.2) is 11.5 Å². The van der Waals surface area contributed by atoms with Crippen LogP contribution in [-0.2, 0) is 9.53 Å². The maximum Gasteiger partial charge on any atom is 0.316 e. The molecule has 3 aromatic rings. The second kappa shape index (κ2) is 5.61. The number of hydrogen-bond acceptors (Lipinski definition) is 7. The third kappa shape index (κ3) is 2.49. The second-order valence-corrected chi connectivity index (χ2v) is 6.62. The number of aryl methyl sites for hydroxylation is 2. The summed E-state index contributed by atoms with van der Waals surface area (Å²) in [4.78, 5) is 18.1. The molecular formula is C13H14N4O2S2. The second-order valence-electron chi connectivity index (χ2n) is 4.48. The molecule has 0 aliphatic heterocycles. The molecule has 0 unspecified atom stereocenters. The Balaban J connectivity index is 1.99. The fraction of sp³-hybridized carbons (Fsp3) is 0.385. The first-order valence-corrected chi connectivity index (χ1v) is 8.30. The van der Waals surface area contributed by atoms with Crippen LogP contribution in [0.3, 0.4) is 0 Å². The first-order valence-electron chi connectivity index (χ1n) is 6.49. The molecule has 3 heterocycles. The lowest BCUT2D eigenvalue weighted by atomic mass is 10.2. The maximum atomic E-state index is 11.4. The zero-order valence-electron chi connectivity index (χ0n) is 11.9. The average Bonchev–Trinajstić information content (AvgIpc) is 2.99. The number of carbonyl (C=O) groups is 1. The van der Waals surface area contributed by atoms with Crippen LogP contribution in [0.25, 0.3) is 15.9 Å². The van der Waals surface area contributed by atoms with Gasteiger partial charge >= 0.3 is 5.97 Å². The fourth-order valence-corrected chi connectivity index (χ4v) is 3.74. The highest BCUT2D eigenvalue weighted by molar-refractivity contribution is 7.99. The normalized spacial score (nSPS) is 11.4. The van der Waals surface area contributed by atoms with Gasteiger partial charge in [-0.05, 0) is 26.3 Å². The van der Waals surface area contributed by atoms with Crippen molar-refractivity contribution in [3.8, 4) is 0 Å². The molecule has 6 nitrogen and oxygen atoms in total. The van der Waals surface area contributed by atoms with Crippen molar-refractivity contribution in [2.75, 3.05) is 12.4 Å². The fourth-order valence-electron chi connectivity index (χ4n) is 2.05. The van der Waals surface area contributed by atoms with Crippen LogP contribution in [-0.4, -0.2) is 37.9 Å². The van der Waals surface area contributed by atoms with Crippen molar-refractivity contribution in [2.45, 2.75) is 25.9 Å². The van der Waals surface area contributed by atoms with E-state index in [0.717, 1.165) is 15.9 Å². The quantitative estimate of drug-likeness (QED) is 0.543. The van der Waals surface area contributed by atoms with Crippen LogP contribution < -0.4 is 0 Å². The summed E-state index contributed by atoms with van der Waals surface area (Å²) in [6.45, 7) is 6.31. The number of ether oxygens (including phenoxy) is 1. The van der Waals surface area contributed by atoms with E-state index < -0.39 is 0 Å². The summed E-state index contributed by atoms with van der Waals surface area (Å²) in [5, 5.41) is 10.1. The number of nitrogens with zero attached hydrogens (tertiary/aromatic N) is 4. The Kier molecular flexibility index (Phi) is 3.81. The number of carbonyl (C=O) groups excluding carboxylic acids is 1. The van der Waals surface area contributed by atoms with Gasteiger partial charge < -0.3 is 4.74 Å². The maximum absolute atomic E-state index is 11.4. The van der Waals surface area contributed by atoms with Crippen molar-refractivity contribution in [1.29, 1.82) is 0 Å². The molecule has 21 heavy (non-hydrogen) atoms. The summed E-state index contributed by atoms with van der Waals surface area (Å²) < 4.78 is 6.74. The Labute approximate surface area is 129 Å². The number of esters is 1. The lowest BCUT2D eigenvalue weighted by Gasteiger charge is -2.01. The molecule has 0 fully saturated rings. The van der Waals surface area contributed by atoms with Gasteiger partial charge in [0.2, 0.25) is 0 Å². The monoisotopic (exact) mass is 322 g/mol. The van der Waals surface area contributed by atoms with Gasteiger partial charge in [-0.1, -0.05) is 11.8 Å². The highest BCUT2D eigenvalue weighted by atomic mass is 32.2. The Hall–Kier alpha value is -1.67. The Morgan fingerprint density at radius 1 is 1.43 bits per heavy atom. The average molecular weight is 322 g/mol. The smallest absolute Gasteiger partial charge is 0.316 e. The highest BCUT2D eigenvalue weighted by Gasteiger charge is 2.16. The molecule has 0 atom stereocenters. The number of aromatic nitrogens is 4. The van der Waals surface area contributed by atoms with Gasteiger partial charge in [-0.25, -0.2) is 4.98 Å². The largest absolute Gasteiger partial charge is 0.465 e. The first kappa shape index (κ1) is 14.3. The zero-order valence-corrected chi connectivity index (χ0v) is 13.5. The summed E-state index contributed by atoms with van der Waals surface area (Å²) in [6, 6.07) is 0. The van der Waals surface area contributed by atoms with E-state index in [2.05, 4.69) is 29.0 Å². The van der Waals surface area contributed by atoms with Crippen LogP contribution in [0.4, 0.5) is 0 Å². The third-order valence-corrected chi connectivity index (χ3v) is 5.20. The highest BCUT2D eigenvalue weighted by Crippen LogP contribution is 2.31. The summed E-state index contributed by atoms with van der Waals surface area (Å²) in [5.41, 5.74) is 1.97. The van der Waals surface area contributed by atoms with E-state index in [-0.39, 0.29) is 11.7 Å². The minimum absolute atomic E-state index is 0.217. The predicted octanol–water partition coefficient (Wildman–Crippen LogP) is 2.61. The summed E-state index contributed by atoms with van der Waals surface area (Å²) in [6.07, 6.45) is 1.71. The molecule has 0 radical (unpaired) electrons. The van der Waals surface area contributed by atoms with Gasteiger partial charge in [-0.2, -0.15) is 0 Å². The predicted molar refractivity (Wildman–Crippen MR) is 83.0 cm³/mol. The minimum Gasteiger partial charge on any atom is -0.465 e. The number of fused-ring (bicyclic) bond motifs is 3. The molecule has 0 saturated carbocycles. The van der Waals surface area contributed by atoms with E-state index in [0.29, 0.717) is 11.8 Å². The molecule has 0 aliphatic carbocycles. The van der Waals surface area contributed by atoms with Gasteiger partial charge in [0.05, 0.1) is 17.7 Å². The van der Waals surface area contributed by atoms with E-state index in [4.69, 9.17) is 4.74 Å². The van der Waals surface area contributed by atoms with Crippen LogP contribution in [0, 0.1) is 13.8 Å². The van der Waals surface area contributed by atoms with Crippen LogP contribution in [0.1, 0.15) is 17.4 Å². The zero-order chi connectivity index (χ0) is 15.0. The minimum atomic E-state index is -0.254. The molecule has 0 N–H and O–H groups in total. The van der Waals surface area contributed by atoms with Gasteiger partial charge in [-0.15, -0.1) is 21.5 Å². The molecule has 0 bridgehead atoms. The molecule has 0 saturated heterocycles. The Morgan fingerprint density at radius 2 is 2.24 bits per heavy atom. The van der Waals surface area contributed by atoms with E-state index in [1.165, 1.54) is 22.2 Å². The molecule has 8 heteroatoms. The summed E-state index contributed by atoms with van der Waals surface area (Å²) >= 11 is 2.96. The summed E-state index contributed by atoms with van der Waals surface area (Å²) in [5.74, 6) is -0.0373. The van der Waals surface area contributed by atoms with Crippen molar-refractivity contribution in [2.24, 2.45) is 0 Å². The molecular weight excluding hydrogens is 308 g/mol. The first-order chi connectivity index (χ1) is 10.1. The van der Waals surface area contributed by atoms with Gasteiger partial charge in [0.1, 0.15) is 11.2 Å². The standard InChI is InChI=1S/C13H14N4O2S2/c1-4-19-9(18)5-20-13-16-15-11-10-7(2)8(3)21-12(10)14-6-17(11)13/h6H,4-5H2,1-3H3. The molecule has 0 amide bonds. The molecule has 0 aromatic carbocycles. The van der Waals surface area contributed by atoms with Crippen molar-refractivity contribution < 1.29 is 9.53 Å². The van der Waals surface area contributed by atoms with E-state index in [1.54, 1.807) is 24.6 Å². The van der Waals surface area contributed by atoms with Gasteiger partial charge in [-0.3, -0.25) is 9.20 Å².